The van der Waals surface area contributed by atoms with Gasteiger partial charge in [-0.2, -0.15) is 0 Å². The molecule has 0 heterocycles. The third-order valence-corrected chi connectivity index (χ3v) is 5.75. The van der Waals surface area contributed by atoms with Crippen molar-refractivity contribution < 1.29 is 8.78 Å². The van der Waals surface area contributed by atoms with Gasteiger partial charge in [0.2, 0.25) is 0 Å². The molecule has 0 nitrogen and oxygen atoms in total. The van der Waals surface area contributed by atoms with Gasteiger partial charge < -0.3 is 0 Å². The first-order valence-electron chi connectivity index (χ1n) is 10.3. The molecule has 3 rings (SSSR count). The number of allylic oxidation sites excluding steroid dienone is 1. The van der Waals surface area contributed by atoms with E-state index < -0.39 is 11.6 Å². The van der Waals surface area contributed by atoms with Gasteiger partial charge in [-0.3, -0.25) is 0 Å². The highest BCUT2D eigenvalue weighted by molar-refractivity contribution is 5.38. The number of hydrogen-bond donors (Lipinski definition) is 0. The van der Waals surface area contributed by atoms with E-state index >= 15 is 0 Å². The van der Waals surface area contributed by atoms with E-state index in [4.69, 9.17) is 0 Å². The Morgan fingerprint density at radius 2 is 1.78 bits per heavy atom. The monoisotopic (exact) mass is 368 g/mol. The molecule has 144 valence electrons. The fraction of sp³-hybridized carbons (Fsp3) is 0.440. The Morgan fingerprint density at radius 1 is 1.00 bits per heavy atom. The molecule has 0 aromatic heterocycles. The van der Waals surface area contributed by atoms with Gasteiger partial charge in [0.05, 0.1) is 0 Å². The van der Waals surface area contributed by atoms with Crippen molar-refractivity contribution in [3.63, 3.8) is 0 Å². The van der Waals surface area contributed by atoms with E-state index in [1.807, 2.05) is 0 Å². The highest BCUT2D eigenvalue weighted by Crippen LogP contribution is 2.36. The second-order valence-corrected chi connectivity index (χ2v) is 7.80. The van der Waals surface area contributed by atoms with Crippen LogP contribution in [0, 0.1) is 11.6 Å². The predicted molar refractivity (Wildman–Crippen MR) is 109 cm³/mol. The van der Waals surface area contributed by atoms with Crippen molar-refractivity contribution in [1.29, 1.82) is 0 Å². The Hall–Kier alpha value is -1.96. The summed E-state index contributed by atoms with van der Waals surface area (Å²) in [7, 11) is 0. The van der Waals surface area contributed by atoms with Gasteiger partial charge in [-0.1, -0.05) is 44.0 Å². The Kier molecular flexibility index (Phi) is 6.82. The quantitative estimate of drug-likeness (QED) is 0.345. The third kappa shape index (κ3) is 4.86. The lowest BCUT2D eigenvalue weighted by molar-refractivity contribution is 0.489. The number of benzene rings is 2. The molecule has 27 heavy (non-hydrogen) atoms. The summed E-state index contributed by atoms with van der Waals surface area (Å²) in [6.45, 7) is 5.89. The molecule has 0 spiro atoms. The van der Waals surface area contributed by atoms with Crippen LogP contribution in [-0.2, 0) is 25.7 Å². The van der Waals surface area contributed by atoms with E-state index in [0.29, 0.717) is 12.0 Å². The number of halogens is 2. The average molecular weight is 369 g/mol. The minimum Gasteiger partial charge on any atom is -0.207 e. The van der Waals surface area contributed by atoms with Gasteiger partial charge in [0.15, 0.2) is 0 Å². The lowest BCUT2D eigenvalue weighted by atomic mass is 9.79. The molecule has 2 heteroatoms. The van der Waals surface area contributed by atoms with Gasteiger partial charge in [-0.15, -0.1) is 6.58 Å². The maximum absolute atomic E-state index is 14.7. The highest BCUT2D eigenvalue weighted by atomic mass is 19.1. The van der Waals surface area contributed by atoms with Crippen LogP contribution in [0.3, 0.4) is 0 Å². The second kappa shape index (κ2) is 9.30. The lowest BCUT2D eigenvalue weighted by Gasteiger charge is -2.26. The van der Waals surface area contributed by atoms with Gasteiger partial charge in [0.1, 0.15) is 11.6 Å². The molecule has 0 fully saturated rings. The summed E-state index contributed by atoms with van der Waals surface area (Å²) in [5.74, 6) is -0.853. The molecule has 2 aromatic carbocycles. The Morgan fingerprint density at radius 3 is 2.48 bits per heavy atom. The molecule has 1 aliphatic carbocycles. The van der Waals surface area contributed by atoms with Crippen LogP contribution in [0.4, 0.5) is 8.78 Å². The smallest absolute Gasteiger partial charge is 0.129 e. The van der Waals surface area contributed by atoms with Gasteiger partial charge in [0, 0.05) is 5.56 Å². The first-order valence-corrected chi connectivity index (χ1v) is 10.3. The fourth-order valence-corrected chi connectivity index (χ4v) is 4.23. The van der Waals surface area contributed by atoms with Crippen LogP contribution in [0.1, 0.15) is 72.8 Å². The van der Waals surface area contributed by atoms with Gasteiger partial charge in [-0.25, -0.2) is 8.78 Å². The van der Waals surface area contributed by atoms with Crippen LogP contribution in [0.15, 0.2) is 43.0 Å². The summed E-state index contributed by atoms with van der Waals surface area (Å²) in [5.41, 5.74) is 4.99. The Bertz CT molecular complexity index is 768. The summed E-state index contributed by atoms with van der Waals surface area (Å²) >= 11 is 0. The zero-order valence-corrected chi connectivity index (χ0v) is 16.4. The van der Waals surface area contributed by atoms with E-state index in [1.165, 1.54) is 48.1 Å². The van der Waals surface area contributed by atoms with E-state index in [2.05, 4.69) is 31.7 Å². The molecule has 1 aliphatic rings. The van der Waals surface area contributed by atoms with E-state index in [-0.39, 0.29) is 11.5 Å². The summed E-state index contributed by atoms with van der Waals surface area (Å²) in [5, 5.41) is 0. The maximum Gasteiger partial charge on any atom is 0.129 e. The molecule has 0 aliphatic heterocycles. The SMILES string of the molecule is C=CCCc1cc(F)c(C2CCc3cc(CCCCC)ccc3C2)c(F)c1. The zero-order chi connectivity index (χ0) is 19.2. The first kappa shape index (κ1) is 19.8. The second-order valence-electron chi connectivity index (χ2n) is 7.80. The van der Waals surface area contributed by atoms with Gasteiger partial charge >= 0.3 is 0 Å². The molecular weight excluding hydrogens is 338 g/mol. The average Bonchev–Trinajstić information content (AvgIpc) is 2.66. The van der Waals surface area contributed by atoms with Crippen LogP contribution < -0.4 is 0 Å². The fourth-order valence-electron chi connectivity index (χ4n) is 4.23. The Balaban J connectivity index is 1.75. The molecule has 0 N–H and O–H groups in total. The van der Waals surface area contributed by atoms with Crippen LogP contribution in [-0.4, -0.2) is 0 Å². The van der Waals surface area contributed by atoms with Crippen molar-refractivity contribution in [2.75, 3.05) is 0 Å². The normalized spacial score (nSPS) is 16.2. The van der Waals surface area contributed by atoms with Crippen LogP contribution in [0.25, 0.3) is 0 Å². The zero-order valence-electron chi connectivity index (χ0n) is 16.4. The van der Waals surface area contributed by atoms with Crippen molar-refractivity contribution in [3.05, 3.63) is 82.4 Å². The number of rotatable bonds is 8. The van der Waals surface area contributed by atoms with Crippen molar-refractivity contribution in [2.24, 2.45) is 0 Å². The molecule has 1 unspecified atom stereocenters. The van der Waals surface area contributed by atoms with Crippen molar-refractivity contribution >= 4 is 0 Å². The van der Waals surface area contributed by atoms with E-state index in [0.717, 1.165) is 32.1 Å². The topological polar surface area (TPSA) is 0 Å². The van der Waals surface area contributed by atoms with Gasteiger partial charge in [-0.05, 0) is 85.3 Å². The summed E-state index contributed by atoms with van der Waals surface area (Å²) in [6.07, 6.45) is 10.4. The molecule has 0 saturated carbocycles. The number of hydrogen-bond acceptors (Lipinski definition) is 0. The standard InChI is InChI=1S/C25H30F2/c1-3-5-7-9-18-10-11-21-17-22(13-12-20(21)14-18)25-23(26)15-19(8-6-4-2)16-24(25)27/h4,10-11,14-16,22H,2-3,5-9,12-13,17H2,1H3. The molecular formula is C25H30F2. The summed E-state index contributed by atoms with van der Waals surface area (Å²) < 4.78 is 29.3. The molecule has 0 amide bonds. The van der Waals surface area contributed by atoms with Gasteiger partial charge in [0.25, 0.3) is 0 Å². The van der Waals surface area contributed by atoms with E-state index in [1.54, 1.807) is 6.08 Å². The van der Waals surface area contributed by atoms with Crippen molar-refractivity contribution in [1.82, 2.24) is 0 Å². The van der Waals surface area contributed by atoms with Crippen LogP contribution in [0.5, 0.6) is 0 Å². The van der Waals surface area contributed by atoms with Crippen LogP contribution >= 0.6 is 0 Å². The Labute approximate surface area is 162 Å². The third-order valence-electron chi connectivity index (χ3n) is 5.75. The summed E-state index contributed by atoms with van der Waals surface area (Å²) in [6, 6.07) is 9.70. The largest absolute Gasteiger partial charge is 0.207 e. The molecule has 1 atom stereocenters. The number of aryl methyl sites for hydroxylation is 3. The number of fused-ring (bicyclic) bond motifs is 1. The first-order chi connectivity index (χ1) is 13.1. The highest BCUT2D eigenvalue weighted by Gasteiger charge is 2.26. The minimum absolute atomic E-state index is 0.0723. The predicted octanol–water partition coefficient (Wildman–Crippen LogP) is 7.09. The summed E-state index contributed by atoms with van der Waals surface area (Å²) in [4.78, 5) is 0. The maximum atomic E-state index is 14.7. The van der Waals surface area contributed by atoms with E-state index in [9.17, 15) is 8.78 Å². The number of unbranched alkanes of at least 4 members (excludes halogenated alkanes) is 2. The van der Waals surface area contributed by atoms with Crippen molar-refractivity contribution in [3.8, 4) is 0 Å². The lowest BCUT2D eigenvalue weighted by Crippen LogP contribution is -2.16. The van der Waals surface area contributed by atoms with Crippen molar-refractivity contribution in [2.45, 2.75) is 70.6 Å². The molecule has 2 aromatic rings. The van der Waals surface area contributed by atoms with Crippen LogP contribution in [0.2, 0.25) is 0 Å². The molecule has 0 saturated heterocycles. The molecule has 0 bridgehead atoms. The molecule has 0 radical (unpaired) electrons. The minimum atomic E-state index is -0.390.